The second kappa shape index (κ2) is 7.66. The number of aliphatic carboxylic acids is 1. The number of carboxylic acids is 1. The Morgan fingerprint density at radius 3 is 2.19 bits per heavy atom. The van der Waals surface area contributed by atoms with Gasteiger partial charge in [-0.25, -0.2) is 0 Å². The van der Waals surface area contributed by atoms with Crippen LogP contribution in [-0.2, 0) is 4.79 Å². The molecule has 0 saturated heterocycles. The summed E-state index contributed by atoms with van der Waals surface area (Å²) < 4.78 is 0. The van der Waals surface area contributed by atoms with Gasteiger partial charge in [0.05, 0.1) is 6.42 Å². The summed E-state index contributed by atoms with van der Waals surface area (Å²) in [4.78, 5) is 10.6. The Bertz CT molecular complexity index is 204. The first-order valence-electron chi connectivity index (χ1n) is 6.34. The Balaban J connectivity index is 4.12. The van der Waals surface area contributed by atoms with Crippen molar-refractivity contribution < 1.29 is 9.90 Å². The smallest absolute Gasteiger partial charge is 0.304 e. The second-order valence-corrected chi connectivity index (χ2v) is 5.40. The summed E-state index contributed by atoms with van der Waals surface area (Å²) in [5.74, 6) is 0.875. The van der Waals surface area contributed by atoms with Gasteiger partial charge in [-0.1, -0.05) is 34.1 Å². The van der Waals surface area contributed by atoms with Gasteiger partial charge in [-0.05, 0) is 30.6 Å². The summed E-state index contributed by atoms with van der Waals surface area (Å²) in [5, 5.41) is 8.73. The van der Waals surface area contributed by atoms with Crippen molar-refractivity contribution in [3.63, 3.8) is 0 Å². The molecule has 0 spiro atoms. The van der Waals surface area contributed by atoms with Gasteiger partial charge in [0.25, 0.3) is 0 Å². The van der Waals surface area contributed by atoms with Gasteiger partial charge in [0, 0.05) is 6.04 Å². The summed E-state index contributed by atoms with van der Waals surface area (Å²) in [6.45, 7) is 8.76. The second-order valence-electron chi connectivity index (χ2n) is 5.40. The molecule has 16 heavy (non-hydrogen) atoms. The maximum atomic E-state index is 10.6. The molecule has 3 N–H and O–H groups in total. The van der Waals surface area contributed by atoms with E-state index < -0.39 is 5.97 Å². The number of carbonyl (C=O) groups is 1. The minimum atomic E-state index is -0.789. The molecule has 0 aliphatic carbocycles. The molecular formula is C13H27NO2. The van der Waals surface area contributed by atoms with Crippen LogP contribution in [0.2, 0.25) is 0 Å². The van der Waals surface area contributed by atoms with E-state index in [1.165, 1.54) is 6.42 Å². The Kier molecular flexibility index (Phi) is 7.39. The van der Waals surface area contributed by atoms with Crippen LogP contribution >= 0.6 is 0 Å². The lowest BCUT2D eigenvalue weighted by Crippen LogP contribution is -2.33. The van der Waals surface area contributed by atoms with Crippen LogP contribution < -0.4 is 5.73 Å². The van der Waals surface area contributed by atoms with Crippen LogP contribution in [0.1, 0.15) is 53.4 Å². The van der Waals surface area contributed by atoms with Crippen LogP contribution in [0.3, 0.4) is 0 Å². The molecule has 0 aromatic heterocycles. The molecular weight excluding hydrogens is 202 g/mol. The van der Waals surface area contributed by atoms with Crippen LogP contribution in [0.4, 0.5) is 0 Å². The fourth-order valence-electron chi connectivity index (χ4n) is 2.43. The average Bonchev–Trinajstić information content (AvgIpc) is 2.11. The average molecular weight is 229 g/mol. The zero-order valence-corrected chi connectivity index (χ0v) is 11.1. The SMILES string of the molecule is CCC(CC(C)CC(C)C)C(N)CC(=O)O. The summed E-state index contributed by atoms with van der Waals surface area (Å²) >= 11 is 0. The van der Waals surface area contributed by atoms with Crippen molar-refractivity contribution in [3.05, 3.63) is 0 Å². The monoisotopic (exact) mass is 229 g/mol. The molecule has 0 bridgehead atoms. The predicted molar refractivity (Wildman–Crippen MR) is 67.2 cm³/mol. The molecule has 0 rings (SSSR count). The van der Waals surface area contributed by atoms with Crippen LogP contribution in [-0.4, -0.2) is 17.1 Å². The highest BCUT2D eigenvalue weighted by Crippen LogP contribution is 2.24. The molecule has 3 heteroatoms. The van der Waals surface area contributed by atoms with Gasteiger partial charge in [-0.2, -0.15) is 0 Å². The minimum Gasteiger partial charge on any atom is -0.481 e. The third-order valence-electron chi connectivity index (χ3n) is 3.12. The predicted octanol–water partition coefficient (Wildman–Crippen LogP) is 2.89. The maximum absolute atomic E-state index is 10.6. The number of hydrogen-bond acceptors (Lipinski definition) is 2. The van der Waals surface area contributed by atoms with E-state index in [9.17, 15) is 4.79 Å². The standard InChI is InChI=1S/C13H27NO2/c1-5-11(12(14)8-13(15)16)7-10(4)6-9(2)3/h9-12H,5-8,14H2,1-4H3,(H,15,16). The van der Waals surface area contributed by atoms with E-state index >= 15 is 0 Å². The quantitative estimate of drug-likeness (QED) is 0.672. The van der Waals surface area contributed by atoms with Gasteiger partial charge in [0.2, 0.25) is 0 Å². The Morgan fingerprint density at radius 2 is 1.81 bits per heavy atom. The molecule has 3 unspecified atom stereocenters. The molecule has 0 fully saturated rings. The molecule has 3 atom stereocenters. The van der Waals surface area contributed by atoms with Crippen molar-refractivity contribution in [3.8, 4) is 0 Å². The largest absolute Gasteiger partial charge is 0.481 e. The zero-order chi connectivity index (χ0) is 12.7. The molecule has 0 saturated carbocycles. The van der Waals surface area contributed by atoms with E-state index in [1.54, 1.807) is 0 Å². The number of hydrogen-bond donors (Lipinski definition) is 2. The Morgan fingerprint density at radius 1 is 1.25 bits per heavy atom. The first kappa shape index (κ1) is 15.4. The molecule has 96 valence electrons. The summed E-state index contributed by atoms with van der Waals surface area (Å²) in [6, 6.07) is -0.197. The molecule has 0 aliphatic rings. The topological polar surface area (TPSA) is 63.3 Å². The minimum absolute atomic E-state index is 0.0902. The van der Waals surface area contributed by atoms with E-state index in [-0.39, 0.29) is 12.5 Å². The van der Waals surface area contributed by atoms with Crippen molar-refractivity contribution >= 4 is 5.97 Å². The summed E-state index contributed by atoms with van der Waals surface area (Å²) in [7, 11) is 0. The van der Waals surface area contributed by atoms with Crippen molar-refractivity contribution in [2.45, 2.75) is 59.4 Å². The molecule has 0 amide bonds. The number of nitrogens with two attached hydrogens (primary N) is 1. The fraction of sp³-hybridized carbons (Fsp3) is 0.923. The summed E-state index contributed by atoms with van der Waals surface area (Å²) in [5.41, 5.74) is 5.93. The first-order valence-corrected chi connectivity index (χ1v) is 6.34. The zero-order valence-electron chi connectivity index (χ0n) is 11.1. The number of rotatable bonds is 8. The van der Waals surface area contributed by atoms with Crippen LogP contribution in [0.25, 0.3) is 0 Å². The van der Waals surface area contributed by atoms with Gasteiger partial charge in [-0.3, -0.25) is 4.79 Å². The maximum Gasteiger partial charge on any atom is 0.304 e. The van der Waals surface area contributed by atoms with E-state index in [0.29, 0.717) is 17.8 Å². The molecule has 0 radical (unpaired) electrons. The lowest BCUT2D eigenvalue weighted by molar-refractivity contribution is -0.137. The van der Waals surface area contributed by atoms with Gasteiger partial charge in [0.15, 0.2) is 0 Å². The van der Waals surface area contributed by atoms with E-state index in [4.69, 9.17) is 10.8 Å². The van der Waals surface area contributed by atoms with Crippen LogP contribution in [0.5, 0.6) is 0 Å². The van der Waals surface area contributed by atoms with Crippen molar-refractivity contribution in [1.82, 2.24) is 0 Å². The highest BCUT2D eigenvalue weighted by atomic mass is 16.4. The van der Waals surface area contributed by atoms with Crippen molar-refractivity contribution in [1.29, 1.82) is 0 Å². The van der Waals surface area contributed by atoms with Crippen LogP contribution in [0, 0.1) is 17.8 Å². The Hall–Kier alpha value is -0.570. The van der Waals surface area contributed by atoms with E-state index in [0.717, 1.165) is 12.8 Å². The summed E-state index contributed by atoms with van der Waals surface area (Å²) in [6.07, 6.45) is 3.29. The van der Waals surface area contributed by atoms with Gasteiger partial charge in [-0.15, -0.1) is 0 Å². The highest BCUT2D eigenvalue weighted by Gasteiger charge is 2.21. The number of carboxylic acid groups (broad SMARTS) is 1. The van der Waals surface area contributed by atoms with Crippen molar-refractivity contribution in [2.75, 3.05) is 0 Å². The molecule has 3 nitrogen and oxygen atoms in total. The normalized spacial score (nSPS) is 17.1. The highest BCUT2D eigenvalue weighted by molar-refractivity contribution is 5.67. The molecule has 0 aromatic carbocycles. The molecule has 0 heterocycles. The Labute approximate surface area is 99.4 Å². The van der Waals surface area contributed by atoms with Gasteiger partial charge in [0.1, 0.15) is 0 Å². The van der Waals surface area contributed by atoms with E-state index in [2.05, 4.69) is 27.7 Å². The van der Waals surface area contributed by atoms with Gasteiger partial charge < -0.3 is 10.8 Å². The third-order valence-corrected chi connectivity index (χ3v) is 3.12. The van der Waals surface area contributed by atoms with Crippen molar-refractivity contribution in [2.24, 2.45) is 23.5 Å². The van der Waals surface area contributed by atoms with Gasteiger partial charge >= 0.3 is 5.97 Å². The van der Waals surface area contributed by atoms with E-state index in [1.807, 2.05) is 0 Å². The first-order chi connectivity index (χ1) is 7.36. The molecule has 0 aliphatic heterocycles. The molecule has 0 aromatic rings. The lowest BCUT2D eigenvalue weighted by atomic mass is 9.83. The fourth-order valence-corrected chi connectivity index (χ4v) is 2.43. The lowest BCUT2D eigenvalue weighted by Gasteiger charge is -2.25. The third kappa shape index (κ3) is 6.83. The van der Waals surface area contributed by atoms with Crippen LogP contribution in [0.15, 0.2) is 0 Å².